The Labute approximate surface area is 124 Å². The molecule has 0 atom stereocenters. The number of methoxy groups -OCH3 is 1. The molecule has 0 bridgehead atoms. The van der Waals surface area contributed by atoms with Gasteiger partial charge in [-0.15, -0.1) is 0 Å². The van der Waals surface area contributed by atoms with Gasteiger partial charge in [-0.05, 0) is 35.1 Å². The molecular formula is C13H14BrN3O3. The van der Waals surface area contributed by atoms with E-state index in [0.717, 1.165) is 4.47 Å². The molecule has 0 aliphatic heterocycles. The standard InChI is InChI=1S/C13H14BrN3O3/c1-16(8-13(19)20-2)7-10-5-12(18)17-6-9(14)3-4-11(17)15-10/h3-6H,7-8H2,1-2H3. The first-order valence-corrected chi connectivity index (χ1v) is 6.72. The summed E-state index contributed by atoms with van der Waals surface area (Å²) in [4.78, 5) is 29.3. The predicted molar refractivity (Wildman–Crippen MR) is 77.5 cm³/mol. The molecule has 0 radical (unpaired) electrons. The minimum Gasteiger partial charge on any atom is -0.468 e. The van der Waals surface area contributed by atoms with Crippen molar-refractivity contribution in [3.8, 4) is 0 Å². The van der Waals surface area contributed by atoms with E-state index < -0.39 is 0 Å². The molecule has 0 fully saturated rings. The van der Waals surface area contributed by atoms with Gasteiger partial charge in [-0.25, -0.2) is 4.98 Å². The van der Waals surface area contributed by atoms with Gasteiger partial charge in [0, 0.05) is 23.3 Å². The Morgan fingerprint density at radius 1 is 1.50 bits per heavy atom. The number of hydrogen-bond acceptors (Lipinski definition) is 5. The Balaban J connectivity index is 2.26. The summed E-state index contributed by atoms with van der Waals surface area (Å²) in [6.45, 7) is 0.550. The van der Waals surface area contributed by atoms with Crippen LogP contribution in [0.4, 0.5) is 0 Å². The van der Waals surface area contributed by atoms with Crippen molar-refractivity contribution < 1.29 is 9.53 Å². The quantitative estimate of drug-likeness (QED) is 0.779. The molecule has 0 spiro atoms. The molecule has 2 rings (SSSR count). The smallest absolute Gasteiger partial charge is 0.319 e. The van der Waals surface area contributed by atoms with Crippen LogP contribution in [0.1, 0.15) is 5.69 Å². The summed E-state index contributed by atoms with van der Waals surface area (Å²) in [6.07, 6.45) is 1.67. The number of pyridine rings is 1. The highest BCUT2D eigenvalue weighted by Crippen LogP contribution is 2.09. The minimum absolute atomic E-state index is 0.151. The number of fused-ring (bicyclic) bond motifs is 1. The van der Waals surface area contributed by atoms with Crippen LogP contribution < -0.4 is 5.56 Å². The molecule has 0 saturated heterocycles. The average molecular weight is 340 g/mol. The summed E-state index contributed by atoms with van der Waals surface area (Å²) in [5.74, 6) is -0.325. The van der Waals surface area contributed by atoms with Gasteiger partial charge >= 0.3 is 5.97 Å². The van der Waals surface area contributed by atoms with Gasteiger partial charge < -0.3 is 4.74 Å². The van der Waals surface area contributed by atoms with Crippen molar-refractivity contribution in [2.24, 2.45) is 0 Å². The second kappa shape index (κ2) is 6.15. The lowest BCUT2D eigenvalue weighted by atomic mass is 10.3. The molecule has 2 aromatic rings. The maximum Gasteiger partial charge on any atom is 0.319 e. The largest absolute Gasteiger partial charge is 0.468 e. The summed E-state index contributed by atoms with van der Waals surface area (Å²) in [5, 5.41) is 0. The topological polar surface area (TPSA) is 63.9 Å². The van der Waals surface area contributed by atoms with E-state index in [2.05, 4.69) is 25.7 Å². The van der Waals surface area contributed by atoms with E-state index in [1.807, 2.05) is 6.07 Å². The first kappa shape index (κ1) is 14.7. The van der Waals surface area contributed by atoms with Crippen molar-refractivity contribution in [3.05, 3.63) is 44.9 Å². The molecule has 106 valence electrons. The van der Waals surface area contributed by atoms with Crippen molar-refractivity contribution in [2.45, 2.75) is 6.54 Å². The van der Waals surface area contributed by atoms with Gasteiger partial charge in [0.2, 0.25) is 0 Å². The van der Waals surface area contributed by atoms with E-state index in [0.29, 0.717) is 17.9 Å². The van der Waals surface area contributed by atoms with Gasteiger partial charge in [0.1, 0.15) is 5.65 Å². The van der Waals surface area contributed by atoms with E-state index in [9.17, 15) is 9.59 Å². The van der Waals surface area contributed by atoms with Crippen molar-refractivity contribution in [2.75, 3.05) is 20.7 Å². The van der Waals surface area contributed by atoms with Crippen molar-refractivity contribution in [1.29, 1.82) is 0 Å². The molecule has 7 heteroatoms. The van der Waals surface area contributed by atoms with Crippen LogP contribution in [-0.2, 0) is 16.1 Å². The Bertz CT molecular complexity index is 699. The zero-order chi connectivity index (χ0) is 14.7. The maximum atomic E-state index is 12.0. The third-order valence-corrected chi connectivity index (χ3v) is 3.20. The number of halogens is 1. The van der Waals surface area contributed by atoms with Gasteiger partial charge in [-0.1, -0.05) is 0 Å². The maximum absolute atomic E-state index is 12.0. The highest BCUT2D eigenvalue weighted by molar-refractivity contribution is 9.10. The van der Waals surface area contributed by atoms with E-state index in [-0.39, 0.29) is 18.1 Å². The third-order valence-electron chi connectivity index (χ3n) is 2.74. The summed E-state index contributed by atoms with van der Waals surface area (Å²) >= 11 is 3.31. The number of carbonyl (C=O) groups is 1. The van der Waals surface area contributed by atoms with Gasteiger partial charge in [-0.3, -0.25) is 18.9 Å². The van der Waals surface area contributed by atoms with E-state index in [1.165, 1.54) is 17.6 Å². The first-order chi connectivity index (χ1) is 9.49. The summed E-state index contributed by atoms with van der Waals surface area (Å²) in [7, 11) is 3.11. The lowest BCUT2D eigenvalue weighted by Crippen LogP contribution is -2.27. The Morgan fingerprint density at radius 2 is 2.25 bits per heavy atom. The van der Waals surface area contributed by atoms with Gasteiger partial charge in [0.05, 0.1) is 19.3 Å². The van der Waals surface area contributed by atoms with Crippen LogP contribution in [0.5, 0.6) is 0 Å². The first-order valence-electron chi connectivity index (χ1n) is 5.93. The van der Waals surface area contributed by atoms with Crippen LogP contribution in [0.3, 0.4) is 0 Å². The number of nitrogens with zero attached hydrogens (tertiary/aromatic N) is 3. The number of carbonyl (C=O) groups excluding carboxylic acids is 1. The van der Waals surface area contributed by atoms with Crippen molar-refractivity contribution in [3.63, 3.8) is 0 Å². The lowest BCUT2D eigenvalue weighted by molar-refractivity contribution is -0.141. The van der Waals surface area contributed by atoms with Crippen LogP contribution in [0.2, 0.25) is 0 Å². The number of rotatable bonds is 4. The molecule has 0 unspecified atom stereocenters. The number of likely N-dealkylation sites (N-methyl/N-ethyl adjacent to an activating group) is 1. The number of ether oxygens (including phenoxy) is 1. The molecule has 20 heavy (non-hydrogen) atoms. The number of esters is 1. The Morgan fingerprint density at radius 3 is 2.95 bits per heavy atom. The van der Waals surface area contributed by atoms with Crippen LogP contribution in [-0.4, -0.2) is 41.0 Å². The highest BCUT2D eigenvalue weighted by Gasteiger charge is 2.09. The van der Waals surface area contributed by atoms with Crippen LogP contribution in [0, 0.1) is 0 Å². The zero-order valence-corrected chi connectivity index (χ0v) is 12.8. The molecule has 0 saturated carbocycles. The monoisotopic (exact) mass is 339 g/mol. The second-order valence-corrected chi connectivity index (χ2v) is 5.33. The van der Waals surface area contributed by atoms with Crippen LogP contribution >= 0.6 is 15.9 Å². The molecule has 0 aliphatic rings. The average Bonchev–Trinajstić information content (AvgIpc) is 2.39. The highest BCUT2D eigenvalue weighted by atomic mass is 79.9. The van der Waals surface area contributed by atoms with Gasteiger partial charge in [0.15, 0.2) is 0 Å². The fraction of sp³-hybridized carbons (Fsp3) is 0.308. The summed E-state index contributed by atoms with van der Waals surface area (Å²) in [6, 6.07) is 5.05. The summed E-state index contributed by atoms with van der Waals surface area (Å²) < 4.78 is 6.87. The van der Waals surface area contributed by atoms with Gasteiger partial charge in [0.25, 0.3) is 5.56 Å². The Hall–Kier alpha value is -1.73. The summed E-state index contributed by atoms with van der Waals surface area (Å²) in [5.41, 5.74) is 1.03. The Kier molecular flexibility index (Phi) is 4.51. The molecule has 2 heterocycles. The molecule has 0 aromatic carbocycles. The molecule has 0 aliphatic carbocycles. The predicted octanol–water partition coefficient (Wildman–Crippen LogP) is 1.06. The number of hydrogen-bond donors (Lipinski definition) is 0. The molecule has 0 amide bonds. The van der Waals surface area contributed by atoms with Crippen molar-refractivity contribution >= 4 is 27.5 Å². The zero-order valence-electron chi connectivity index (χ0n) is 11.2. The fourth-order valence-electron chi connectivity index (χ4n) is 1.82. The number of aromatic nitrogens is 2. The van der Waals surface area contributed by atoms with E-state index in [4.69, 9.17) is 0 Å². The van der Waals surface area contributed by atoms with Crippen molar-refractivity contribution in [1.82, 2.24) is 14.3 Å². The van der Waals surface area contributed by atoms with Gasteiger partial charge in [-0.2, -0.15) is 0 Å². The molecule has 6 nitrogen and oxygen atoms in total. The van der Waals surface area contributed by atoms with Crippen LogP contribution in [0.25, 0.3) is 5.65 Å². The molecule has 0 N–H and O–H groups in total. The van der Waals surface area contributed by atoms with E-state index >= 15 is 0 Å². The lowest BCUT2D eigenvalue weighted by Gasteiger charge is -2.14. The third kappa shape index (κ3) is 3.43. The SMILES string of the molecule is COC(=O)CN(C)Cc1cc(=O)n2cc(Br)ccc2n1. The molecular weight excluding hydrogens is 326 g/mol. The molecule has 2 aromatic heterocycles. The fourth-order valence-corrected chi connectivity index (χ4v) is 2.16. The van der Waals surface area contributed by atoms with Crippen LogP contribution in [0.15, 0.2) is 33.7 Å². The van der Waals surface area contributed by atoms with E-state index in [1.54, 1.807) is 24.2 Å². The normalized spacial score (nSPS) is 11.0. The second-order valence-electron chi connectivity index (χ2n) is 4.41. The minimum atomic E-state index is -0.325.